The minimum atomic E-state index is -1.27. The number of esters is 1. The topological polar surface area (TPSA) is 90.2 Å². The lowest BCUT2D eigenvalue weighted by atomic mass is 9.93. The van der Waals surface area contributed by atoms with Gasteiger partial charge in [0.05, 0.1) is 17.7 Å². The van der Waals surface area contributed by atoms with E-state index in [1.54, 1.807) is 0 Å². The van der Waals surface area contributed by atoms with E-state index in [1.165, 1.54) is 12.1 Å². The van der Waals surface area contributed by atoms with E-state index in [4.69, 9.17) is 4.74 Å². The molecule has 3 N–H and O–H groups in total. The van der Waals surface area contributed by atoms with Crippen molar-refractivity contribution in [1.29, 1.82) is 0 Å². The van der Waals surface area contributed by atoms with Gasteiger partial charge in [0, 0.05) is 13.1 Å². The zero-order valence-electron chi connectivity index (χ0n) is 11.8. The van der Waals surface area contributed by atoms with E-state index in [0.29, 0.717) is 13.0 Å². The van der Waals surface area contributed by atoms with Gasteiger partial charge in [-0.1, -0.05) is 0 Å². The molecule has 5 atom stereocenters. The van der Waals surface area contributed by atoms with E-state index in [-0.39, 0.29) is 12.1 Å². The van der Waals surface area contributed by atoms with Crippen LogP contribution in [0, 0.1) is 5.82 Å². The fraction of sp³-hybridized carbons (Fsp3) is 0.533. The number of ether oxygens (including phenoxy) is 1. The molecule has 3 rings (SSSR count). The van der Waals surface area contributed by atoms with Crippen LogP contribution in [-0.2, 0) is 4.74 Å². The Balaban J connectivity index is 1.70. The molecule has 2 fully saturated rings. The van der Waals surface area contributed by atoms with Crippen LogP contribution < -0.4 is 0 Å². The first-order chi connectivity index (χ1) is 10.5. The van der Waals surface area contributed by atoms with Crippen LogP contribution in [-0.4, -0.2) is 69.7 Å². The van der Waals surface area contributed by atoms with Gasteiger partial charge in [-0.3, -0.25) is 4.90 Å². The second-order valence-corrected chi connectivity index (χ2v) is 5.77. The molecular formula is C15H18FNO5. The molecule has 0 aromatic heterocycles. The molecular weight excluding hydrogens is 293 g/mol. The molecule has 1 aromatic rings. The predicted molar refractivity (Wildman–Crippen MR) is 73.6 cm³/mol. The van der Waals surface area contributed by atoms with Gasteiger partial charge in [-0.15, -0.1) is 0 Å². The zero-order chi connectivity index (χ0) is 15.9. The lowest BCUT2D eigenvalue weighted by Gasteiger charge is -2.42. The Morgan fingerprint density at radius 1 is 1.18 bits per heavy atom. The van der Waals surface area contributed by atoms with Crippen LogP contribution in [0.15, 0.2) is 24.3 Å². The molecule has 2 heterocycles. The van der Waals surface area contributed by atoms with Crippen molar-refractivity contribution in [2.75, 3.05) is 13.1 Å². The van der Waals surface area contributed by atoms with Crippen molar-refractivity contribution in [2.24, 2.45) is 0 Å². The number of carbonyl (C=O) groups is 1. The Bertz CT molecular complexity index is 551. The minimum absolute atomic E-state index is 0.173. The molecule has 22 heavy (non-hydrogen) atoms. The summed E-state index contributed by atoms with van der Waals surface area (Å²) < 4.78 is 18.1. The number of halogens is 1. The highest BCUT2D eigenvalue weighted by Gasteiger charge is 2.49. The van der Waals surface area contributed by atoms with E-state index in [9.17, 15) is 24.5 Å². The summed E-state index contributed by atoms with van der Waals surface area (Å²) in [5.41, 5.74) is 0.173. The summed E-state index contributed by atoms with van der Waals surface area (Å²) in [6.07, 6.45) is -3.53. The summed E-state index contributed by atoms with van der Waals surface area (Å²) in [5.74, 6) is -1.15. The first-order valence-electron chi connectivity index (χ1n) is 7.22. The van der Waals surface area contributed by atoms with Crippen LogP contribution in [0.1, 0.15) is 16.8 Å². The van der Waals surface area contributed by atoms with Crippen LogP contribution >= 0.6 is 0 Å². The number of carbonyl (C=O) groups excluding carboxylic acids is 1. The lowest BCUT2D eigenvalue weighted by Crippen LogP contribution is -2.62. The Kier molecular flexibility index (Phi) is 4.14. The summed E-state index contributed by atoms with van der Waals surface area (Å²) in [6, 6.07) is 4.36. The maximum atomic E-state index is 12.9. The summed E-state index contributed by atoms with van der Waals surface area (Å²) >= 11 is 0. The van der Waals surface area contributed by atoms with E-state index in [2.05, 4.69) is 0 Å². The van der Waals surface area contributed by atoms with Crippen molar-refractivity contribution in [2.45, 2.75) is 36.9 Å². The van der Waals surface area contributed by atoms with Crippen LogP contribution in [0.2, 0.25) is 0 Å². The van der Waals surface area contributed by atoms with Crippen LogP contribution in [0.5, 0.6) is 0 Å². The van der Waals surface area contributed by atoms with Crippen LogP contribution in [0.25, 0.3) is 0 Å². The van der Waals surface area contributed by atoms with E-state index in [1.807, 2.05) is 4.90 Å². The number of rotatable bonds is 2. The van der Waals surface area contributed by atoms with Crippen molar-refractivity contribution >= 4 is 5.97 Å². The molecule has 0 amide bonds. The third-order valence-corrected chi connectivity index (χ3v) is 4.36. The number of aliphatic hydroxyl groups excluding tert-OH is 3. The first kappa shape index (κ1) is 15.4. The van der Waals surface area contributed by atoms with Crippen molar-refractivity contribution < 1.29 is 29.2 Å². The highest BCUT2D eigenvalue weighted by molar-refractivity contribution is 5.89. The molecule has 0 saturated carbocycles. The molecule has 2 saturated heterocycles. The molecule has 0 radical (unpaired) electrons. The Morgan fingerprint density at radius 3 is 2.55 bits per heavy atom. The van der Waals surface area contributed by atoms with Crippen molar-refractivity contribution in [1.82, 2.24) is 4.90 Å². The van der Waals surface area contributed by atoms with Gasteiger partial charge in [0.2, 0.25) is 0 Å². The van der Waals surface area contributed by atoms with Gasteiger partial charge < -0.3 is 20.1 Å². The standard InChI is InChI=1S/C15H18FNO5/c16-9-3-1-8(2-4-9)15(21)22-11-7-17-6-5-10(18)12(17)14(20)13(11)19/h1-4,10-14,18-20H,5-7H2/t10-,11?,12?,13?,14?/m0/s1. The van der Waals surface area contributed by atoms with Gasteiger partial charge >= 0.3 is 5.97 Å². The fourth-order valence-corrected chi connectivity index (χ4v) is 3.18. The number of aliphatic hydroxyl groups is 3. The van der Waals surface area contributed by atoms with Gasteiger partial charge in [-0.25, -0.2) is 9.18 Å². The number of piperidine rings is 1. The summed E-state index contributed by atoms with van der Waals surface area (Å²) in [5, 5.41) is 30.1. The molecule has 0 bridgehead atoms. The van der Waals surface area contributed by atoms with Gasteiger partial charge in [0.25, 0.3) is 0 Å². The Hall–Kier alpha value is -1.54. The van der Waals surface area contributed by atoms with Gasteiger partial charge in [-0.05, 0) is 30.7 Å². The molecule has 6 nitrogen and oxygen atoms in total. The number of hydrogen-bond donors (Lipinski definition) is 3. The quantitative estimate of drug-likeness (QED) is 0.639. The summed E-state index contributed by atoms with van der Waals surface area (Å²) in [7, 11) is 0. The average molecular weight is 311 g/mol. The second-order valence-electron chi connectivity index (χ2n) is 5.77. The SMILES string of the molecule is O=C(OC1CN2CC[C@H](O)C2C(O)C1O)c1ccc(F)cc1. The van der Waals surface area contributed by atoms with Crippen LogP contribution in [0.3, 0.4) is 0 Å². The lowest BCUT2D eigenvalue weighted by molar-refractivity contribution is -0.143. The highest BCUT2D eigenvalue weighted by atomic mass is 19.1. The van der Waals surface area contributed by atoms with Crippen molar-refractivity contribution in [3.05, 3.63) is 35.6 Å². The molecule has 2 aliphatic heterocycles. The normalized spacial score (nSPS) is 35.2. The number of hydrogen-bond acceptors (Lipinski definition) is 6. The largest absolute Gasteiger partial charge is 0.455 e. The smallest absolute Gasteiger partial charge is 0.338 e. The number of nitrogens with zero attached hydrogens (tertiary/aromatic N) is 1. The highest BCUT2D eigenvalue weighted by Crippen LogP contribution is 2.29. The first-order valence-corrected chi connectivity index (χ1v) is 7.22. The van der Waals surface area contributed by atoms with Gasteiger partial charge in [0.1, 0.15) is 24.1 Å². The Labute approximate surface area is 126 Å². The van der Waals surface area contributed by atoms with E-state index in [0.717, 1.165) is 12.1 Å². The summed E-state index contributed by atoms with van der Waals surface area (Å²) in [6.45, 7) is 0.813. The minimum Gasteiger partial charge on any atom is -0.455 e. The predicted octanol–water partition coefficient (Wildman–Crippen LogP) is -0.478. The average Bonchev–Trinajstić information content (AvgIpc) is 2.86. The van der Waals surface area contributed by atoms with E-state index < -0.39 is 42.2 Å². The molecule has 0 aliphatic carbocycles. The third kappa shape index (κ3) is 2.72. The molecule has 120 valence electrons. The van der Waals surface area contributed by atoms with Crippen LogP contribution in [0.4, 0.5) is 4.39 Å². The van der Waals surface area contributed by atoms with Gasteiger partial charge in [-0.2, -0.15) is 0 Å². The summed E-state index contributed by atoms with van der Waals surface area (Å²) in [4.78, 5) is 13.8. The molecule has 2 aliphatic rings. The second kappa shape index (κ2) is 5.92. The Morgan fingerprint density at radius 2 is 1.86 bits per heavy atom. The maximum absolute atomic E-state index is 12.9. The number of fused-ring (bicyclic) bond motifs is 1. The zero-order valence-corrected chi connectivity index (χ0v) is 11.8. The number of benzene rings is 1. The van der Waals surface area contributed by atoms with Crippen molar-refractivity contribution in [3.63, 3.8) is 0 Å². The maximum Gasteiger partial charge on any atom is 0.338 e. The monoisotopic (exact) mass is 311 g/mol. The van der Waals surface area contributed by atoms with Gasteiger partial charge in [0.15, 0.2) is 0 Å². The third-order valence-electron chi connectivity index (χ3n) is 4.36. The molecule has 4 unspecified atom stereocenters. The van der Waals surface area contributed by atoms with E-state index >= 15 is 0 Å². The molecule has 0 spiro atoms. The fourth-order valence-electron chi connectivity index (χ4n) is 3.18. The van der Waals surface area contributed by atoms with Crippen molar-refractivity contribution in [3.8, 4) is 0 Å². The molecule has 1 aromatic carbocycles. The molecule has 7 heteroatoms.